The van der Waals surface area contributed by atoms with Crippen LogP contribution in [0.1, 0.15) is 0 Å². The number of hydrogen-bond acceptors (Lipinski definition) is 4. The number of nitro benzene ring substituents is 1. The van der Waals surface area contributed by atoms with Crippen molar-refractivity contribution in [2.75, 3.05) is 5.73 Å². The van der Waals surface area contributed by atoms with Gasteiger partial charge in [-0.2, -0.15) is 0 Å². The van der Waals surface area contributed by atoms with E-state index in [1.807, 2.05) is 0 Å². The second-order valence-electron chi connectivity index (χ2n) is 3.13. The number of fused-ring (bicyclic) bond motifs is 1. The number of phenolic OH excluding ortho intramolecular Hbond substituents is 1. The Labute approximate surface area is 84.9 Å². The van der Waals surface area contributed by atoms with Crippen molar-refractivity contribution in [2.24, 2.45) is 0 Å². The number of rotatable bonds is 1. The summed E-state index contributed by atoms with van der Waals surface area (Å²) in [5.74, 6) is -0.264. The van der Waals surface area contributed by atoms with E-state index in [1.54, 1.807) is 24.3 Å². The molecule has 2 aromatic carbocycles. The van der Waals surface area contributed by atoms with Crippen molar-refractivity contribution in [3.63, 3.8) is 0 Å². The molecular formula is C10H8N2O3. The summed E-state index contributed by atoms with van der Waals surface area (Å²) in [7, 11) is 0. The molecule has 0 amide bonds. The van der Waals surface area contributed by atoms with Crippen molar-refractivity contribution >= 4 is 22.1 Å². The molecule has 0 fully saturated rings. The third-order valence-electron chi connectivity index (χ3n) is 2.24. The van der Waals surface area contributed by atoms with Gasteiger partial charge >= 0.3 is 0 Å². The molecule has 0 spiro atoms. The van der Waals surface area contributed by atoms with Crippen LogP contribution in [0.4, 0.5) is 11.4 Å². The fraction of sp³-hybridized carbons (Fsp3) is 0. The van der Waals surface area contributed by atoms with E-state index < -0.39 is 4.92 Å². The van der Waals surface area contributed by atoms with Gasteiger partial charge in [0.25, 0.3) is 5.69 Å². The van der Waals surface area contributed by atoms with Crippen LogP contribution in [-0.2, 0) is 0 Å². The van der Waals surface area contributed by atoms with E-state index in [9.17, 15) is 15.2 Å². The lowest BCUT2D eigenvalue weighted by molar-refractivity contribution is -0.383. The minimum absolute atomic E-state index is 0.141. The molecule has 0 aliphatic heterocycles. The second-order valence-corrected chi connectivity index (χ2v) is 3.13. The number of nitrogen functional groups attached to an aromatic ring is 1. The molecule has 76 valence electrons. The third-order valence-corrected chi connectivity index (χ3v) is 2.24. The van der Waals surface area contributed by atoms with Crippen LogP contribution in [0, 0.1) is 10.1 Å². The normalized spacial score (nSPS) is 10.4. The number of aromatic hydroxyl groups is 1. The van der Waals surface area contributed by atoms with Gasteiger partial charge < -0.3 is 10.8 Å². The van der Waals surface area contributed by atoms with Gasteiger partial charge in [-0.1, -0.05) is 18.2 Å². The molecule has 2 aromatic rings. The van der Waals surface area contributed by atoms with Crippen LogP contribution in [0.3, 0.4) is 0 Å². The highest BCUT2D eigenvalue weighted by molar-refractivity contribution is 6.01. The van der Waals surface area contributed by atoms with E-state index in [1.165, 1.54) is 0 Å². The zero-order valence-corrected chi connectivity index (χ0v) is 7.68. The van der Waals surface area contributed by atoms with E-state index in [0.29, 0.717) is 10.8 Å². The number of nitrogens with zero attached hydrogens (tertiary/aromatic N) is 1. The Hall–Kier alpha value is -2.30. The molecule has 0 heterocycles. The van der Waals surface area contributed by atoms with Crippen LogP contribution in [0.5, 0.6) is 5.75 Å². The number of non-ortho nitro benzene ring substituents is 1. The molecule has 0 saturated heterocycles. The van der Waals surface area contributed by atoms with Crippen molar-refractivity contribution in [1.29, 1.82) is 0 Å². The number of phenols is 1. The van der Waals surface area contributed by atoms with Gasteiger partial charge in [0, 0.05) is 5.39 Å². The molecule has 15 heavy (non-hydrogen) atoms. The monoisotopic (exact) mass is 204 g/mol. The second kappa shape index (κ2) is 3.13. The van der Waals surface area contributed by atoms with E-state index in [-0.39, 0.29) is 17.1 Å². The first-order valence-electron chi connectivity index (χ1n) is 4.26. The highest BCUT2D eigenvalue weighted by Crippen LogP contribution is 2.36. The number of benzene rings is 2. The van der Waals surface area contributed by atoms with Crippen molar-refractivity contribution in [3.05, 3.63) is 40.4 Å². The minimum Gasteiger partial charge on any atom is -0.506 e. The van der Waals surface area contributed by atoms with Crippen LogP contribution in [-0.4, -0.2) is 10.0 Å². The Bertz CT molecular complexity index is 552. The molecule has 0 atom stereocenters. The predicted molar refractivity (Wildman–Crippen MR) is 56.7 cm³/mol. The van der Waals surface area contributed by atoms with Crippen LogP contribution in [0.2, 0.25) is 0 Å². The Kier molecular flexibility index (Phi) is 1.93. The Balaban J connectivity index is 2.94. The lowest BCUT2D eigenvalue weighted by Crippen LogP contribution is -1.93. The van der Waals surface area contributed by atoms with Gasteiger partial charge in [0.1, 0.15) is 5.75 Å². The highest BCUT2D eigenvalue weighted by atomic mass is 16.6. The molecular weight excluding hydrogens is 196 g/mol. The van der Waals surface area contributed by atoms with Gasteiger partial charge in [-0.05, 0) is 6.07 Å². The number of nitrogens with two attached hydrogens (primary N) is 1. The fourth-order valence-corrected chi connectivity index (χ4v) is 1.52. The third kappa shape index (κ3) is 1.34. The molecule has 0 aromatic heterocycles. The Morgan fingerprint density at radius 1 is 1.27 bits per heavy atom. The van der Waals surface area contributed by atoms with E-state index in [2.05, 4.69) is 0 Å². The first kappa shape index (κ1) is 9.26. The molecule has 0 aliphatic rings. The maximum absolute atomic E-state index is 10.7. The Morgan fingerprint density at radius 3 is 2.47 bits per heavy atom. The van der Waals surface area contributed by atoms with Gasteiger partial charge in [0.15, 0.2) is 0 Å². The molecule has 0 aliphatic carbocycles. The first-order valence-corrected chi connectivity index (χ1v) is 4.26. The first-order chi connectivity index (χ1) is 7.11. The van der Waals surface area contributed by atoms with Gasteiger partial charge in [-0.15, -0.1) is 0 Å². The summed E-state index contributed by atoms with van der Waals surface area (Å²) in [6, 6.07) is 7.70. The zero-order chi connectivity index (χ0) is 11.0. The highest BCUT2D eigenvalue weighted by Gasteiger charge is 2.16. The van der Waals surface area contributed by atoms with E-state index in [4.69, 9.17) is 5.73 Å². The van der Waals surface area contributed by atoms with Crippen molar-refractivity contribution in [3.8, 4) is 5.75 Å². The molecule has 0 saturated carbocycles. The Morgan fingerprint density at radius 2 is 1.87 bits per heavy atom. The van der Waals surface area contributed by atoms with Gasteiger partial charge in [0.2, 0.25) is 0 Å². The van der Waals surface area contributed by atoms with Crippen LogP contribution in [0.25, 0.3) is 10.8 Å². The average molecular weight is 204 g/mol. The molecule has 3 N–H and O–H groups in total. The number of hydrogen-bond donors (Lipinski definition) is 2. The lowest BCUT2D eigenvalue weighted by atomic mass is 10.1. The largest absolute Gasteiger partial charge is 0.506 e. The molecule has 5 heteroatoms. The molecule has 0 radical (unpaired) electrons. The van der Waals surface area contributed by atoms with Crippen LogP contribution in [0.15, 0.2) is 30.3 Å². The van der Waals surface area contributed by atoms with Crippen molar-refractivity contribution < 1.29 is 10.0 Å². The summed E-state index contributed by atoms with van der Waals surface area (Å²) in [5.41, 5.74) is 5.64. The summed E-state index contributed by atoms with van der Waals surface area (Å²) in [6.07, 6.45) is 0. The number of anilines is 1. The lowest BCUT2D eigenvalue weighted by Gasteiger charge is -2.04. The standard InChI is InChI=1S/C10H8N2O3/c11-10-7-4-2-1-3-6(7)8(12(14)15)5-9(10)13/h1-5,13H,11H2. The molecule has 5 nitrogen and oxygen atoms in total. The minimum atomic E-state index is -0.540. The van der Waals surface area contributed by atoms with Crippen molar-refractivity contribution in [1.82, 2.24) is 0 Å². The van der Waals surface area contributed by atoms with Crippen LogP contribution < -0.4 is 5.73 Å². The van der Waals surface area contributed by atoms with E-state index >= 15 is 0 Å². The summed E-state index contributed by atoms with van der Waals surface area (Å²) < 4.78 is 0. The fourth-order valence-electron chi connectivity index (χ4n) is 1.52. The predicted octanol–water partition coefficient (Wildman–Crippen LogP) is 2.04. The SMILES string of the molecule is Nc1c(O)cc([N+](=O)[O-])c2ccccc12. The number of nitro groups is 1. The summed E-state index contributed by atoms with van der Waals surface area (Å²) >= 11 is 0. The summed E-state index contributed by atoms with van der Waals surface area (Å²) in [6.45, 7) is 0. The quantitative estimate of drug-likeness (QED) is 0.322. The average Bonchev–Trinajstić information content (AvgIpc) is 2.23. The topological polar surface area (TPSA) is 89.4 Å². The summed E-state index contributed by atoms with van der Waals surface area (Å²) in [5, 5.41) is 21.1. The molecule has 0 unspecified atom stereocenters. The van der Waals surface area contributed by atoms with Crippen molar-refractivity contribution in [2.45, 2.75) is 0 Å². The van der Waals surface area contributed by atoms with Gasteiger partial charge in [0.05, 0.1) is 22.1 Å². The molecule has 0 bridgehead atoms. The van der Waals surface area contributed by atoms with Gasteiger partial charge in [-0.25, -0.2) is 0 Å². The van der Waals surface area contributed by atoms with Gasteiger partial charge in [-0.3, -0.25) is 10.1 Å². The maximum Gasteiger partial charge on any atom is 0.281 e. The van der Waals surface area contributed by atoms with E-state index in [0.717, 1.165) is 6.07 Å². The summed E-state index contributed by atoms with van der Waals surface area (Å²) in [4.78, 5) is 10.2. The molecule has 2 rings (SSSR count). The maximum atomic E-state index is 10.7. The van der Waals surface area contributed by atoms with Crippen LogP contribution >= 0.6 is 0 Å². The smallest absolute Gasteiger partial charge is 0.281 e. The zero-order valence-electron chi connectivity index (χ0n) is 7.68.